The molecule has 24 heavy (non-hydrogen) atoms. The van der Waals surface area contributed by atoms with Crippen LogP contribution in [0.15, 0.2) is 36.0 Å². The number of nitrogens with zero attached hydrogens (tertiary/aromatic N) is 3. The van der Waals surface area contributed by atoms with E-state index in [4.69, 9.17) is 0 Å². The molecular formula is C18H22N4OS. The summed E-state index contributed by atoms with van der Waals surface area (Å²) in [6.07, 6.45) is 7.70. The molecule has 1 N–H and O–H groups in total. The Morgan fingerprint density at radius 3 is 2.62 bits per heavy atom. The molecule has 0 atom stereocenters. The highest BCUT2D eigenvalue weighted by Gasteiger charge is 2.52. The average molecular weight is 342 g/mol. The number of thiophene rings is 1. The van der Waals surface area contributed by atoms with Crippen LogP contribution in [0.25, 0.3) is 0 Å². The van der Waals surface area contributed by atoms with Gasteiger partial charge in [0, 0.05) is 36.9 Å². The zero-order valence-electron chi connectivity index (χ0n) is 13.6. The van der Waals surface area contributed by atoms with E-state index in [-0.39, 0.29) is 11.3 Å². The van der Waals surface area contributed by atoms with Gasteiger partial charge < -0.3 is 10.2 Å². The molecule has 3 heterocycles. The molecule has 2 aromatic heterocycles. The smallest absolute Gasteiger partial charge is 0.231 e. The molecule has 1 aliphatic carbocycles. The van der Waals surface area contributed by atoms with Crippen LogP contribution in [0.1, 0.15) is 30.6 Å². The summed E-state index contributed by atoms with van der Waals surface area (Å²) in [5.41, 5.74) is -0.216. The first-order valence-electron chi connectivity index (χ1n) is 8.62. The Labute approximate surface area is 146 Å². The van der Waals surface area contributed by atoms with E-state index in [2.05, 4.69) is 31.6 Å². The van der Waals surface area contributed by atoms with Crippen LogP contribution in [0.2, 0.25) is 0 Å². The third kappa shape index (κ3) is 3.02. The van der Waals surface area contributed by atoms with E-state index in [1.165, 1.54) is 4.88 Å². The maximum absolute atomic E-state index is 12.6. The number of nitrogens with one attached hydrogen (secondary N) is 1. The number of hydrogen-bond donors (Lipinski definition) is 1. The van der Waals surface area contributed by atoms with Crippen molar-refractivity contribution in [2.45, 2.75) is 31.1 Å². The molecule has 2 fully saturated rings. The fourth-order valence-electron chi connectivity index (χ4n) is 3.46. The molecule has 1 amide bonds. The van der Waals surface area contributed by atoms with Crippen LogP contribution in [0.5, 0.6) is 0 Å². The minimum absolute atomic E-state index is 0.216. The summed E-state index contributed by atoms with van der Waals surface area (Å²) in [6.45, 7) is 2.71. The predicted molar refractivity (Wildman–Crippen MR) is 95.2 cm³/mol. The lowest BCUT2D eigenvalue weighted by Gasteiger charge is -2.32. The molecule has 1 aliphatic heterocycles. The summed E-state index contributed by atoms with van der Waals surface area (Å²) >= 11 is 1.70. The molecule has 0 radical (unpaired) electrons. The van der Waals surface area contributed by atoms with Crippen LogP contribution in [0, 0.1) is 5.92 Å². The van der Waals surface area contributed by atoms with E-state index >= 15 is 0 Å². The molecule has 2 aromatic rings. The SMILES string of the molecule is O=C(NCC1CCN(c2ncccn2)CC1)C1(c2cccs2)CC1. The van der Waals surface area contributed by atoms with Gasteiger partial charge in [-0.15, -0.1) is 11.3 Å². The summed E-state index contributed by atoms with van der Waals surface area (Å²) < 4.78 is 0. The van der Waals surface area contributed by atoms with Gasteiger partial charge in [0.15, 0.2) is 0 Å². The van der Waals surface area contributed by atoms with E-state index < -0.39 is 0 Å². The van der Waals surface area contributed by atoms with Gasteiger partial charge in [-0.05, 0) is 49.1 Å². The Hall–Kier alpha value is -1.95. The first-order chi connectivity index (χ1) is 11.8. The average Bonchev–Trinajstić information content (AvgIpc) is 3.27. The maximum atomic E-state index is 12.6. The Morgan fingerprint density at radius 1 is 1.25 bits per heavy atom. The first kappa shape index (κ1) is 15.6. The highest BCUT2D eigenvalue weighted by Crippen LogP contribution is 2.50. The molecule has 0 spiro atoms. The van der Waals surface area contributed by atoms with Gasteiger partial charge in [-0.1, -0.05) is 6.07 Å². The molecular weight excluding hydrogens is 320 g/mol. The molecule has 126 valence electrons. The number of aromatic nitrogens is 2. The molecule has 6 heteroatoms. The van der Waals surface area contributed by atoms with E-state index in [1.54, 1.807) is 23.7 Å². The monoisotopic (exact) mass is 342 g/mol. The Bertz CT molecular complexity index is 676. The number of anilines is 1. The fraction of sp³-hybridized carbons (Fsp3) is 0.500. The van der Waals surface area contributed by atoms with E-state index in [1.807, 2.05) is 12.1 Å². The van der Waals surface area contributed by atoms with Crippen LogP contribution in [0.3, 0.4) is 0 Å². The number of rotatable bonds is 5. The van der Waals surface area contributed by atoms with Crippen LogP contribution in [-0.4, -0.2) is 35.5 Å². The predicted octanol–water partition coefficient (Wildman–Crippen LogP) is 2.60. The topological polar surface area (TPSA) is 58.1 Å². The van der Waals surface area contributed by atoms with Crippen molar-refractivity contribution in [1.29, 1.82) is 0 Å². The molecule has 5 nitrogen and oxygen atoms in total. The lowest BCUT2D eigenvalue weighted by atomic mass is 9.96. The zero-order chi connectivity index (χ0) is 16.4. The van der Waals surface area contributed by atoms with E-state index in [0.717, 1.165) is 51.3 Å². The number of piperidine rings is 1. The highest BCUT2D eigenvalue weighted by atomic mass is 32.1. The summed E-state index contributed by atoms with van der Waals surface area (Å²) in [5.74, 6) is 1.58. The Morgan fingerprint density at radius 2 is 2.00 bits per heavy atom. The van der Waals surface area contributed by atoms with Crippen molar-refractivity contribution >= 4 is 23.2 Å². The van der Waals surface area contributed by atoms with Crippen molar-refractivity contribution in [2.75, 3.05) is 24.5 Å². The molecule has 4 rings (SSSR count). The van der Waals surface area contributed by atoms with Crippen molar-refractivity contribution in [2.24, 2.45) is 5.92 Å². The molecule has 1 saturated carbocycles. The molecule has 1 saturated heterocycles. The minimum atomic E-state index is -0.216. The molecule has 0 unspecified atom stereocenters. The second-order valence-corrected chi connectivity index (χ2v) is 7.70. The van der Waals surface area contributed by atoms with Crippen molar-refractivity contribution in [3.05, 3.63) is 40.8 Å². The Balaban J connectivity index is 1.27. The number of hydrogen-bond acceptors (Lipinski definition) is 5. The van der Waals surface area contributed by atoms with Gasteiger partial charge in [-0.2, -0.15) is 0 Å². The summed E-state index contributed by atoms with van der Waals surface area (Å²) in [6, 6.07) is 5.97. The van der Waals surface area contributed by atoms with Gasteiger partial charge in [0.2, 0.25) is 11.9 Å². The lowest BCUT2D eigenvalue weighted by molar-refractivity contribution is -0.123. The van der Waals surface area contributed by atoms with Crippen molar-refractivity contribution < 1.29 is 4.79 Å². The van der Waals surface area contributed by atoms with E-state index in [9.17, 15) is 4.79 Å². The normalized spacial score (nSPS) is 19.9. The summed E-state index contributed by atoms with van der Waals surface area (Å²) in [5, 5.41) is 5.28. The second-order valence-electron chi connectivity index (χ2n) is 6.75. The van der Waals surface area contributed by atoms with Crippen LogP contribution < -0.4 is 10.2 Å². The highest BCUT2D eigenvalue weighted by molar-refractivity contribution is 7.10. The first-order valence-corrected chi connectivity index (χ1v) is 9.50. The second kappa shape index (κ2) is 6.51. The van der Waals surface area contributed by atoms with Gasteiger partial charge in [0.05, 0.1) is 5.41 Å². The van der Waals surface area contributed by atoms with E-state index in [0.29, 0.717) is 5.92 Å². The number of amides is 1. The molecule has 0 bridgehead atoms. The summed E-state index contributed by atoms with van der Waals surface area (Å²) in [7, 11) is 0. The minimum Gasteiger partial charge on any atom is -0.355 e. The standard InChI is InChI=1S/C18H22N4OS/c23-16(18(6-7-18)15-3-1-12-24-15)21-13-14-4-10-22(11-5-14)17-19-8-2-9-20-17/h1-3,8-9,12,14H,4-7,10-11,13H2,(H,21,23). The zero-order valence-corrected chi connectivity index (χ0v) is 14.5. The van der Waals surface area contributed by atoms with Gasteiger partial charge in [0.25, 0.3) is 0 Å². The summed E-state index contributed by atoms with van der Waals surface area (Å²) in [4.78, 5) is 24.7. The van der Waals surface area contributed by atoms with Crippen LogP contribution >= 0.6 is 11.3 Å². The van der Waals surface area contributed by atoms with Crippen LogP contribution in [0.4, 0.5) is 5.95 Å². The fourth-order valence-corrected chi connectivity index (χ4v) is 4.44. The third-order valence-electron chi connectivity index (χ3n) is 5.18. The maximum Gasteiger partial charge on any atom is 0.231 e. The third-order valence-corrected chi connectivity index (χ3v) is 6.25. The van der Waals surface area contributed by atoms with Gasteiger partial charge in [0.1, 0.15) is 0 Å². The van der Waals surface area contributed by atoms with Crippen LogP contribution in [-0.2, 0) is 10.2 Å². The largest absolute Gasteiger partial charge is 0.355 e. The Kier molecular flexibility index (Phi) is 4.22. The van der Waals surface area contributed by atoms with Gasteiger partial charge >= 0.3 is 0 Å². The van der Waals surface area contributed by atoms with Gasteiger partial charge in [-0.3, -0.25) is 4.79 Å². The number of carbonyl (C=O) groups excluding carboxylic acids is 1. The molecule has 0 aromatic carbocycles. The quantitative estimate of drug-likeness (QED) is 0.907. The molecule has 2 aliphatic rings. The van der Waals surface area contributed by atoms with Crippen molar-refractivity contribution in [3.8, 4) is 0 Å². The number of carbonyl (C=O) groups is 1. The van der Waals surface area contributed by atoms with Gasteiger partial charge in [-0.25, -0.2) is 9.97 Å². The van der Waals surface area contributed by atoms with Crippen molar-refractivity contribution in [3.63, 3.8) is 0 Å². The lowest BCUT2D eigenvalue weighted by Crippen LogP contribution is -2.41. The van der Waals surface area contributed by atoms with Crippen molar-refractivity contribution in [1.82, 2.24) is 15.3 Å².